The van der Waals surface area contributed by atoms with E-state index in [1.165, 1.54) is 6.33 Å². The molecular weight excluding hydrogens is 394 g/mol. The van der Waals surface area contributed by atoms with Gasteiger partial charge in [-0.1, -0.05) is 54.6 Å². The number of hydrogen-bond donors (Lipinski definition) is 3. The molecule has 4 aromatic rings. The maximum atomic E-state index is 11.9. The van der Waals surface area contributed by atoms with Crippen LogP contribution in [0.5, 0.6) is 0 Å². The van der Waals surface area contributed by atoms with Crippen LogP contribution >= 0.6 is 0 Å². The fraction of sp³-hybridized carbons (Fsp3) is 0. The van der Waals surface area contributed by atoms with Crippen LogP contribution in [0.25, 0.3) is 0 Å². The lowest BCUT2D eigenvalue weighted by atomic mass is 10.2. The zero-order chi connectivity index (χ0) is 21.5. The molecule has 3 N–H and O–H groups in total. The van der Waals surface area contributed by atoms with Gasteiger partial charge in [-0.05, 0) is 36.4 Å². The summed E-state index contributed by atoms with van der Waals surface area (Å²) in [6.07, 6.45) is 1.26. The van der Waals surface area contributed by atoms with Gasteiger partial charge in [0.2, 0.25) is 11.6 Å². The minimum Gasteiger partial charge on any atom is -0.299 e. The number of aromatic nitrogens is 2. The second kappa shape index (κ2) is 9.23. The highest BCUT2D eigenvalue weighted by Crippen LogP contribution is 2.32. The normalized spacial score (nSPS) is 10.2. The quantitative estimate of drug-likeness (QED) is 0.274. The van der Waals surface area contributed by atoms with Crippen molar-refractivity contribution in [3.63, 3.8) is 0 Å². The molecule has 31 heavy (non-hydrogen) atoms. The molecule has 0 spiro atoms. The second-order valence-electron chi connectivity index (χ2n) is 6.41. The number of hydrazine groups is 2. The summed E-state index contributed by atoms with van der Waals surface area (Å²) in [5, 5.41) is 13.6. The lowest BCUT2D eigenvalue weighted by molar-refractivity contribution is -0.383. The van der Waals surface area contributed by atoms with Crippen LogP contribution in [0.2, 0.25) is 0 Å². The monoisotopic (exact) mass is 413 g/mol. The standard InChI is InChI=1S/C22H19N7O2/c30-29(31)20-21(26-25-17-10-4-1-5-11-17)23-16-24-22(20)27-28(18-12-6-2-7-13-18)19-14-8-3-9-15-19/h1-16,25H,(H2,23,24,26,27). The van der Waals surface area contributed by atoms with Crippen molar-refractivity contribution in [3.8, 4) is 0 Å². The van der Waals surface area contributed by atoms with Gasteiger partial charge in [-0.3, -0.25) is 31.4 Å². The molecule has 0 amide bonds. The van der Waals surface area contributed by atoms with Gasteiger partial charge in [-0.15, -0.1) is 0 Å². The van der Waals surface area contributed by atoms with Gasteiger partial charge in [0.15, 0.2) is 0 Å². The fourth-order valence-electron chi connectivity index (χ4n) is 2.92. The van der Waals surface area contributed by atoms with Crippen LogP contribution in [0.15, 0.2) is 97.3 Å². The molecular formula is C22H19N7O2. The van der Waals surface area contributed by atoms with Crippen molar-refractivity contribution in [1.29, 1.82) is 0 Å². The lowest BCUT2D eigenvalue weighted by Gasteiger charge is -2.26. The molecule has 0 bridgehead atoms. The van der Waals surface area contributed by atoms with Gasteiger partial charge in [0, 0.05) is 0 Å². The first-order valence-corrected chi connectivity index (χ1v) is 9.46. The summed E-state index contributed by atoms with van der Waals surface area (Å²) in [5.74, 6) is 0.0810. The number of anilines is 5. The SMILES string of the molecule is O=[N+]([O-])c1c(NNc2ccccc2)ncnc1NN(c1ccccc1)c1ccccc1. The van der Waals surface area contributed by atoms with Gasteiger partial charge in [0.1, 0.15) is 6.33 Å². The highest BCUT2D eigenvalue weighted by atomic mass is 16.6. The molecule has 154 valence electrons. The number of nitro groups is 1. The van der Waals surface area contributed by atoms with E-state index in [1.807, 2.05) is 91.0 Å². The molecule has 1 aromatic heterocycles. The summed E-state index contributed by atoms with van der Waals surface area (Å²) < 4.78 is 0. The van der Waals surface area contributed by atoms with Crippen LogP contribution in [0.1, 0.15) is 0 Å². The summed E-state index contributed by atoms with van der Waals surface area (Å²) in [7, 11) is 0. The van der Waals surface area contributed by atoms with Crippen molar-refractivity contribution in [2.75, 3.05) is 21.3 Å². The first-order valence-electron chi connectivity index (χ1n) is 9.46. The molecule has 1 heterocycles. The van der Waals surface area contributed by atoms with E-state index < -0.39 is 4.92 Å². The van der Waals surface area contributed by atoms with E-state index in [1.54, 1.807) is 5.01 Å². The van der Waals surface area contributed by atoms with Crippen LogP contribution in [0, 0.1) is 10.1 Å². The number of nitrogens with zero attached hydrogens (tertiary/aromatic N) is 4. The van der Waals surface area contributed by atoms with E-state index in [2.05, 4.69) is 26.2 Å². The third-order valence-electron chi connectivity index (χ3n) is 4.35. The molecule has 0 saturated heterocycles. The molecule has 0 saturated carbocycles. The topological polar surface area (TPSA) is 108 Å². The fourth-order valence-corrected chi connectivity index (χ4v) is 2.92. The Balaban J connectivity index is 1.68. The Morgan fingerprint density at radius 3 is 1.77 bits per heavy atom. The summed E-state index contributed by atoms with van der Waals surface area (Å²) in [6, 6.07) is 28.1. The van der Waals surface area contributed by atoms with Crippen LogP contribution < -0.4 is 21.3 Å². The molecule has 0 atom stereocenters. The second-order valence-corrected chi connectivity index (χ2v) is 6.41. The van der Waals surface area contributed by atoms with Crippen molar-refractivity contribution >= 4 is 34.4 Å². The van der Waals surface area contributed by atoms with Gasteiger partial charge >= 0.3 is 5.69 Å². The van der Waals surface area contributed by atoms with E-state index in [0.29, 0.717) is 0 Å². The smallest absolute Gasteiger partial charge is 0.299 e. The average Bonchev–Trinajstić information content (AvgIpc) is 2.83. The van der Waals surface area contributed by atoms with Crippen molar-refractivity contribution in [1.82, 2.24) is 9.97 Å². The van der Waals surface area contributed by atoms with E-state index in [9.17, 15) is 10.1 Å². The van der Waals surface area contributed by atoms with E-state index in [4.69, 9.17) is 0 Å². The highest BCUT2D eigenvalue weighted by molar-refractivity contribution is 5.75. The number of rotatable bonds is 8. The van der Waals surface area contributed by atoms with Crippen LogP contribution in [-0.2, 0) is 0 Å². The van der Waals surface area contributed by atoms with Gasteiger partial charge in [0.05, 0.1) is 22.0 Å². The van der Waals surface area contributed by atoms with E-state index >= 15 is 0 Å². The first-order chi connectivity index (χ1) is 15.2. The number of benzene rings is 3. The third-order valence-corrected chi connectivity index (χ3v) is 4.35. The largest absolute Gasteiger partial charge is 0.356 e. The van der Waals surface area contributed by atoms with Crippen molar-refractivity contribution in [2.24, 2.45) is 0 Å². The Morgan fingerprint density at radius 1 is 0.710 bits per heavy atom. The minimum atomic E-state index is -0.522. The Hall–Kier alpha value is -4.66. The molecule has 0 radical (unpaired) electrons. The van der Waals surface area contributed by atoms with Gasteiger partial charge < -0.3 is 0 Å². The van der Waals surface area contributed by atoms with E-state index in [0.717, 1.165) is 17.1 Å². The van der Waals surface area contributed by atoms with Crippen molar-refractivity contribution in [3.05, 3.63) is 107 Å². The molecule has 9 heteroatoms. The van der Waals surface area contributed by atoms with Crippen molar-refractivity contribution < 1.29 is 4.92 Å². The first kappa shape index (κ1) is 19.6. The number of hydrogen-bond acceptors (Lipinski definition) is 8. The summed E-state index contributed by atoms with van der Waals surface area (Å²) in [5.41, 5.74) is 10.8. The van der Waals surface area contributed by atoms with Crippen LogP contribution in [0.4, 0.5) is 34.4 Å². The highest BCUT2D eigenvalue weighted by Gasteiger charge is 2.25. The van der Waals surface area contributed by atoms with Gasteiger partial charge in [-0.25, -0.2) is 9.97 Å². The third kappa shape index (κ3) is 4.67. The maximum Gasteiger partial charge on any atom is 0.356 e. The molecule has 3 aromatic carbocycles. The average molecular weight is 413 g/mol. The van der Waals surface area contributed by atoms with Crippen molar-refractivity contribution in [2.45, 2.75) is 0 Å². The predicted octanol–water partition coefficient (Wildman–Crippen LogP) is 4.99. The predicted molar refractivity (Wildman–Crippen MR) is 121 cm³/mol. The summed E-state index contributed by atoms with van der Waals surface area (Å²) >= 11 is 0. The molecule has 9 nitrogen and oxygen atoms in total. The number of para-hydroxylation sites is 3. The maximum absolute atomic E-state index is 11.9. The zero-order valence-electron chi connectivity index (χ0n) is 16.3. The van der Waals surface area contributed by atoms with Crippen LogP contribution in [0.3, 0.4) is 0 Å². The Labute approximate surface area is 178 Å². The summed E-state index contributed by atoms with van der Waals surface area (Å²) in [4.78, 5) is 19.6. The summed E-state index contributed by atoms with van der Waals surface area (Å²) in [6.45, 7) is 0. The molecule has 0 aliphatic carbocycles. The molecule has 0 fully saturated rings. The molecule has 0 aliphatic rings. The molecule has 0 unspecified atom stereocenters. The van der Waals surface area contributed by atoms with Crippen LogP contribution in [-0.4, -0.2) is 14.9 Å². The Morgan fingerprint density at radius 2 is 1.23 bits per heavy atom. The lowest BCUT2D eigenvalue weighted by Crippen LogP contribution is -2.26. The van der Waals surface area contributed by atoms with Gasteiger partial charge in [-0.2, -0.15) is 0 Å². The minimum absolute atomic E-state index is 0.0347. The van der Waals surface area contributed by atoms with Gasteiger partial charge in [0.25, 0.3) is 0 Å². The Kier molecular flexibility index (Phi) is 5.85. The Bertz CT molecular complexity index is 1100. The van der Waals surface area contributed by atoms with E-state index in [-0.39, 0.29) is 17.3 Å². The zero-order valence-corrected chi connectivity index (χ0v) is 16.3. The number of nitrogens with one attached hydrogen (secondary N) is 3. The molecule has 0 aliphatic heterocycles. The molecule has 4 rings (SSSR count).